The van der Waals surface area contributed by atoms with Crippen LogP contribution in [0.5, 0.6) is 0 Å². The molecule has 1 heterocycles. The first kappa shape index (κ1) is 10.1. The van der Waals surface area contributed by atoms with Gasteiger partial charge in [-0.15, -0.1) is 0 Å². The highest BCUT2D eigenvalue weighted by molar-refractivity contribution is 6.61. The van der Waals surface area contributed by atoms with E-state index in [9.17, 15) is 14.2 Å². The van der Waals surface area contributed by atoms with E-state index in [0.29, 0.717) is 11.0 Å². The highest BCUT2D eigenvalue weighted by atomic mass is 19.1. The van der Waals surface area contributed by atoms with Gasteiger partial charge in [0.25, 0.3) is 0 Å². The molecule has 0 aliphatic carbocycles. The Kier molecular flexibility index (Phi) is 2.46. The lowest BCUT2D eigenvalue weighted by Gasteiger charge is -2.04. The van der Waals surface area contributed by atoms with E-state index >= 15 is 0 Å². The van der Waals surface area contributed by atoms with Gasteiger partial charge in [-0.1, -0.05) is 0 Å². The summed E-state index contributed by atoms with van der Waals surface area (Å²) in [4.78, 5) is 11.2. The summed E-state index contributed by atoms with van der Waals surface area (Å²) in [5.74, 6) is -1.44. The van der Waals surface area contributed by atoms with Crippen LogP contribution in [0.15, 0.2) is 12.1 Å². The zero-order chi connectivity index (χ0) is 11.0. The molecule has 1 N–H and O–H groups in total. The van der Waals surface area contributed by atoms with Gasteiger partial charge < -0.3 is 14.4 Å². The van der Waals surface area contributed by atoms with E-state index in [1.54, 1.807) is 0 Å². The fourth-order valence-corrected chi connectivity index (χ4v) is 1.51. The third kappa shape index (κ3) is 1.62. The Labute approximate surface area is 85.8 Å². The number of ether oxygens (including phenoxy) is 1. The molecule has 0 amide bonds. The third-order valence-corrected chi connectivity index (χ3v) is 2.30. The maximum atomic E-state index is 13.4. The Morgan fingerprint density at radius 3 is 3.07 bits per heavy atom. The first-order valence-electron chi connectivity index (χ1n) is 4.33. The fourth-order valence-electron chi connectivity index (χ4n) is 1.51. The molecule has 0 saturated carbocycles. The van der Waals surface area contributed by atoms with Gasteiger partial charge in [0, 0.05) is 0 Å². The Bertz CT molecular complexity index is 421. The maximum Gasteiger partial charge on any atom is 0.491 e. The number of carbonyl (C=O) groups excluding carboxylic acids is 1. The highest BCUT2D eigenvalue weighted by Crippen LogP contribution is 2.15. The van der Waals surface area contributed by atoms with Crippen LogP contribution in [0.1, 0.15) is 15.9 Å². The van der Waals surface area contributed by atoms with Crippen LogP contribution in [0.2, 0.25) is 0 Å². The molecule has 1 aromatic carbocycles. The normalized spacial score (nSPS) is 13.9. The van der Waals surface area contributed by atoms with Crippen LogP contribution in [0.4, 0.5) is 4.39 Å². The molecule has 0 saturated heterocycles. The molecule has 0 fully saturated rings. The molecule has 1 aliphatic rings. The molecule has 1 aliphatic heterocycles. The molecule has 1 aromatic rings. The number of methoxy groups -OCH3 is 1. The zero-order valence-corrected chi connectivity index (χ0v) is 7.99. The summed E-state index contributed by atoms with van der Waals surface area (Å²) in [5, 5.41) is 9.35. The number of rotatable bonds is 1. The summed E-state index contributed by atoms with van der Waals surface area (Å²) < 4.78 is 22.7. The van der Waals surface area contributed by atoms with E-state index in [4.69, 9.17) is 4.65 Å². The average Bonchev–Trinajstić information content (AvgIpc) is 2.58. The molecular formula is C9H8BFO4. The van der Waals surface area contributed by atoms with Gasteiger partial charge in [0.1, 0.15) is 5.82 Å². The molecule has 0 radical (unpaired) electrons. The molecule has 15 heavy (non-hydrogen) atoms. The van der Waals surface area contributed by atoms with Gasteiger partial charge in [-0.05, 0) is 23.2 Å². The van der Waals surface area contributed by atoms with Gasteiger partial charge in [0.2, 0.25) is 0 Å². The summed E-state index contributed by atoms with van der Waals surface area (Å²) in [6, 6.07) is 2.44. The Morgan fingerprint density at radius 1 is 1.67 bits per heavy atom. The molecule has 2 rings (SSSR count). The smallest absolute Gasteiger partial charge is 0.465 e. The second-order valence-corrected chi connectivity index (χ2v) is 3.19. The molecule has 4 nitrogen and oxygen atoms in total. The van der Waals surface area contributed by atoms with Crippen LogP contribution in [0, 0.1) is 5.82 Å². The quantitative estimate of drug-likeness (QED) is 0.516. The average molecular weight is 210 g/mol. The monoisotopic (exact) mass is 210 g/mol. The molecule has 78 valence electrons. The SMILES string of the molecule is COC(=O)c1cc2c(cc1F)COB2O. The van der Waals surface area contributed by atoms with Crippen LogP contribution in [-0.4, -0.2) is 25.2 Å². The van der Waals surface area contributed by atoms with Crippen LogP contribution in [0.3, 0.4) is 0 Å². The number of esters is 1. The van der Waals surface area contributed by atoms with Crippen LogP contribution < -0.4 is 5.46 Å². The second kappa shape index (κ2) is 3.64. The summed E-state index contributed by atoms with van der Waals surface area (Å²) in [7, 11) is 0.0751. The zero-order valence-electron chi connectivity index (χ0n) is 7.99. The summed E-state index contributed by atoms with van der Waals surface area (Å²) in [6.45, 7) is 0.148. The summed E-state index contributed by atoms with van der Waals surface area (Å²) in [5.41, 5.74) is 0.769. The van der Waals surface area contributed by atoms with Gasteiger partial charge in [-0.25, -0.2) is 9.18 Å². The lowest BCUT2D eigenvalue weighted by atomic mass is 9.78. The predicted octanol–water partition coefficient (Wildman–Crippen LogP) is -0.170. The van der Waals surface area contributed by atoms with Crippen LogP contribution in [0.25, 0.3) is 0 Å². The number of hydrogen-bond donors (Lipinski definition) is 1. The van der Waals surface area contributed by atoms with Crippen molar-refractivity contribution >= 4 is 18.6 Å². The van der Waals surface area contributed by atoms with Crippen LogP contribution >= 0.6 is 0 Å². The van der Waals surface area contributed by atoms with E-state index < -0.39 is 18.9 Å². The van der Waals surface area contributed by atoms with Gasteiger partial charge in [-0.2, -0.15) is 0 Å². The molecule has 0 bridgehead atoms. The lowest BCUT2D eigenvalue weighted by Crippen LogP contribution is -2.29. The van der Waals surface area contributed by atoms with E-state index in [2.05, 4.69) is 4.74 Å². The van der Waals surface area contributed by atoms with Crippen molar-refractivity contribution in [3.63, 3.8) is 0 Å². The molecular weight excluding hydrogens is 202 g/mol. The van der Waals surface area contributed by atoms with Gasteiger partial charge in [-0.3, -0.25) is 0 Å². The number of carbonyl (C=O) groups is 1. The minimum absolute atomic E-state index is 0.148. The largest absolute Gasteiger partial charge is 0.491 e. The van der Waals surface area contributed by atoms with E-state index in [-0.39, 0.29) is 12.2 Å². The number of benzene rings is 1. The molecule has 0 unspecified atom stereocenters. The van der Waals surface area contributed by atoms with E-state index in [1.165, 1.54) is 19.2 Å². The van der Waals surface area contributed by atoms with Crippen molar-refractivity contribution in [2.24, 2.45) is 0 Å². The summed E-state index contributed by atoms with van der Waals surface area (Å²) in [6.07, 6.45) is 0. The van der Waals surface area contributed by atoms with E-state index in [1.807, 2.05) is 0 Å². The molecule has 0 atom stereocenters. The van der Waals surface area contributed by atoms with Gasteiger partial charge >= 0.3 is 13.1 Å². The first-order valence-corrected chi connectivity index (χ1v) is 4.33. The Balaban J connectivity index is 2.50. The summed E-state index contributed by atoms with van der Waals surface area (Å²) >= 11 is 0. The van der Waals surface area contributed by atoms with Crippen molar-refractivity contribution in [1.29, 1.82) is 0 Å². The fraction of sp³-hybridized carbons (Fsp3) is 0.222. The van der Waals surface area contributed by atoms with Crippen molar-refractivity contribution in [3.05, 3.63) is 29.1 Å². The number of hydrogen-bond acceptors (Lipinski definition) is 4. The highest BCUT2D eigenvalue weighted by Gasteiger charge is 2.30. The minimum atomic E-state index is -1.09. The standard InChI is InChI=1S/C9H8BFO4/c1-14-9(12)6-3-7-5(2-8(6)11)4-15-10(7)13/h2-3,13H,4H2,1H3. The van der Waals surface area contributed by atoms with Crippen molar-refractivity contribution < 1.29 is 23.6 Å². The number of halogens is 1. The number of fused-ring (bicyclic) bond motifs is 1. The lowest BCUT2D eigenvalue weighted by molar-refractivity contribution is 0.0595. The van der Waals surface area contributed by atoms with Gasteiger partial charge in [0.05, 0.1) is 19.3 Å². The molecule has 6 heteroatoms. The predicted molar refractivity (Wildman–Crippen MR) is 50.1 cm³/mol. The van der Waals surface area contributed by atoms with Crippen molar-refractivity contribution in [2.45, 2.75) is 6.61 Å². The maximum absolute atomic E-state index is 13.4. The molecule has 0 aromatic heterocycles. The Hall–Kier alpha value is -1.40. The third-order valence-electron chi connectivity index (χ3n) is 2.30. The van der Waals surface area contributed by atoms with Crippen molar-refractivity contribution in [2.75, 3.05) is 7.11 Å². The van der Waals surface area contributed by atoms with Crippen LogP contribution in [-0.2, 0) is 16.0 Å². The molecule has 0 spiro atoms. The van der Waals surface area contributed by atoms with E-state index in [0.717, 1.165) is 0 Å². The first-order chi connectivity index (χ1) is 7.13. The van der Waals surface area contributed by atoms with Crippen molar-refractivity contribution in [1.82, 2.24) is 0 Å². The topological polar surface area (TPSA) is 55.8 Å². The Morgan fingerprint density at radius 2 is 2.40 bits per heavy atom. The minimum Gasteiger partial charge on any atom is -0.465 e. The van der Waals surface area contributed by atoms with Crippen molar-refractivity contribution in [3.8, 4) is 0 Å². The second-order valence-electron chi connectivity index (χ2n) is 3.19. The van der Waals surface area contributed by atoms with Gasteiger partial charge in [0.15, 0.2) is 0 Å².